The quantitative estimate of drug-likeness (QED) is 0.354. The first-order chi connectivity index (χ1) is 19.2. The van der Waals surface area contributed by atoms with Crippen LogP contribution in [0.1, 0.15) is 37.7 Å². The van der Waals surface area contributed by atoms with Crippen LogP contribution in [0.25, 0.3) is 11.1 Å². The molecule has 2 aromatic carbocycles. The van der Waals surface area contributed by atoms with Gasteiger partial charge in [-0.25, -0.2) is 0 Å². The topological polar surface area (TPSA) is 58.6 Å². The molecule has 5 atom stereocenters. The lowest BCUT2D eigenvalue weighted by Gasteiger charge is -2.39. The molecule has 0 radical (unpaired) electrons. The van der Waals surface area contributed by atoms with Gasteiger partial charge in [0.05, 0.1) is 52.5 Å². The van der Waals surface area contributed by atoms with Crippen molar-refractivity contribution in [2.24, 2.45) is 5.92 Å². The Morgan fingerprint density at radius 1 is 0.897 bits per heavy atom. The van der Waals surface area contributed by atoms with Gasteiger partial charge in [0.25, 0.3) is 0 Å². The Balaban J connectivity index is 1.28. The van der Waals surface area contributed by atoms with Crippen molar-refractivity contribution in [2.45, 2.75) is 63.3 Å². The van der Waals surface area contributed by atoms with Crippen LogP contribution in [0.3, 0.4) is 0 Å². The summed E-state index contributed by atoms with van der Waals surface area (Å²) in [6.45, 7) is 4.71. The molecule has 3 fully saturated rings. The lowest BCUT2D eigenvalue weighted by Crippen LogP contribution is -2.51. The molecule has 0 spiro atoms. The Kier molecular flexibility index (Phi) is 10.3. The number of nitrogens with zero attached hydrogens (tertiary/aromatic N) is 1. The molecule has 0 N–H and O–H groups in total. The van der Waals surface area contributed by atoms with Gasteiger partial charge in [-0.1, -0.05) is 36.4 Å². The molecular formula is C32H43NO6. The Bertz CT molecular complexity index is 1010. The minimum absolute atomic E-state index is 0.0644. The van der Waals surface area contributed by atoms with Crippen molar-refractivity contribution >= 4 is 0 Å². The SMILES string of the molecule is COC=CC[C@@H]1[C@@H](N2CCOCC2)[C@H](OC2CCCCO2)C[C@@H]1OCc1ccc(-c2ccc(OC)cc2)cc1. The predicted molar refractivity (Wildman–Crippen MR) is 151 cm³/mol. The maximum absolute atomic E-state index is 6.68. The van der Waals surface area contributed by atoms with Crippen LogP contribution in [0, 0.1) is 5.92 Å². The van der Waals surface area contributed by atoms with Crippen LogP contribution in [-0.2, 0) is 30.3 Å². The van der Waals surface area contributed by atoms with E-state index >= 15 is 0 Å². The first-order valence-corrected chi connectivity index (χ1v) is 14.4. The largest absolute Gasteiger partial charge is 0.505 e. The number of hydrogen-bond acceptors (Lipinski definition) is 7. The van der Waals surface area contributed by atoms with E-state index in [-0.39, 0.29) is 24.5 Å². The Labute approximate surface area is 233 Å². The summed E-state index contributed by atoms with van der Waals surface area (Å²) in [6.07, 6.45) is 8.90. The number of allylic oxidation sites excluding steroid dienone is 1. The second kappa shape index (κ2) is 14.3. The van der Waals surface area contributed by atoms with Gasteiger partial charge in [0.1, 0.15) is 5.75 Å². The van der Waals surface area contributed by atoms with Gasteiger partial charge in [0.15, 0.2) is 6.29 Å². The number of hydrogen-bond donors (Lipinski definition) is 0. The van der Waals surface area contributed by atoms with E-state index in [1.807, 2.05) is 12.1 Å². The molecule has 7 nitrogen and oxygen atoms in total. The normalized spacial score (nSPS) is 28.1. The highest BCUT2D eigenvalue weighted by Gasteiger charge is 2.48. The van der Waals surface area contributed by atoms with Gasteiger partial charge in [-0.3, -0.25) is 4.90 Å². The molecule has 1 saturated carbocycles. The van der Waals surface area contributed by atoms with E-state index in [4.69, 9.17) is 28.4 Å². The van der Waals surface area contributed by atoms with E-state index < -0.39 is 0 Å². The summed E-state index contributed by atoms with van der Waals surface area (Å²) in [4.78, 5) is 2.55. The van der Waals surface area contributed by atoms with Gasteiger partial charge in [0, 0.05) is 38.1 Å². The zero-order valence-electron chi connectivity index (χ0n) is 23.3. The Hall–Kier alpha value is -2.42. The fraction of sp³-hybridized carbons (Fsp3) is 0.562. The van der Waals surface area contributed by atoms with E-state index in [2.05, 4.69) is 47.4 Å². The number of ether oxygens (including phenoxy) is 6. The zero-order valence-corrected chi connectivity index (χ0v) is 23.3. The number of rotatable bonds is 11. The van der Waals surface area contributed by atoms with Crippen LogP contribution in [0.15, 0.2) is 60.9 Å². The minimum atomic E-state index is -0.119. The number of benzene rings is 2. The molecule has 5 rings (SSSR count). The third kappa shape index (κ3) is 7.41. The molecule has 7 heteroatoms. The molecule has 1 unspecified atom stereocenters. The molecule has 0 bridgehead atoms. The lowest BCUT2D eigenvalue weighted by molar-refractivity contribution is -0.200. The van der Waals surface area contributed by atoms with Crippen molar-refractivity contribution in [1.82, 2.24) is 4.90 Å². The average molecular weight is 538 g/mol. The molecule has 39 heavy (non-hydrogen) atoms. The fourth-order valence-electron chi connectivity index (χ4n) is 6.14. The first-order valence-electron chi connectivity index (χ1n) is 14.4. The standard InChI is InChI=1S/C32H43NO6/c1-34-18-5-6-28-29(38-23-24-8-10-25(11-9-24)26-12-14-27(35-2)15-13-26)22-30(39-31-7-3-4-19-37-31)32(28)33-16-20-36-21-17-33/h5,8-15,18,28-32H,3-4,6-7,16-17,19-23H2,1-2H3/t28-,29-,30+,31?,32+/m0/s1. The molecule has 2 heterocycles. The minimum Gasteiger partial charge on any atom is -0.505 e. The third-order valence-electron chi connectivity index (χ3n) is 8.18. The lowest BCUT2D eigenvalue weighted by atomic mass is 9.95. The molecule has 2 aromatic rings. The van der Waals surface area contributed by atoms with Crippen LogP contribution in [-0.4, -0.2) is 76.6 Å². The molecule has 1 aliphatic carbocycles. The highest BCUT2D eigenvalue weighted by molar-refractivity contribution is 5.64. The molecule has 0 aromatic heterocycles. The zero-order chi connectivity index (χ0) is 26.9. The Morgan fingerprint density at radius 3 is 2.31 bits per heavy atom. The number of morpholine rings is 1. The van der Waals surface area contributed by atoms with E-state index in [0.29, 0.717) is 12.5 Å². The summed E-state index contributed by atoms with van der Waals surface area (Å²) < 4.78 is 35.6. The number of methoxy groups -OCH3 is 2. The maximum Gasteiger partial charge on any atom is 0.158 e. The average Bonchev–Trinajstić information content (AvgIpc) is 3.34. The van der Waals surface area contributed by atoms with E-state index in [0.717, 1.165) is 70.8 Å². The maximum atomic E-state index is 6.68. The van der Waals surface area contributed by atoms with Gasteiger partial charge in [-0.15, -0.1) is 0 Å². The molecule has 212 valence electrons. The molecule has 3 aliphatic rings. The van der Waals surface area contributed by atoms with Crippen molar-refractivity contribution in [2.75, 3.05) is 47.1 Å². The van der Waals surface area contributed by atoms with Crippen molar-refractivity contribution in [3.8, 4) is 16.9 Å². The summed E-state index contributed by atoms with van der Waals surface area (Å²) in [5, 5.41) is 0. The van der Waals surface area contributed by atoms with E-state index in [9.17, 15) is 0 Å². The van der Waals surface area contributed by atoms with E-state index in [1.165, 1.54) is 16.7 Å². The van der Waals surface area contributed by atoms with Crippen LogP contribution in [0.2, 0.25) is 0 Å². The van der Waals surface area contributed by atoms with Gasteiger partial charge in [0.2, 0.25) is 0 Å². The summed E-state index contributed by atoms with van der Waals surface area (Å²) in [5.41, 5.74) is 3.52. The first kappa shape index (κ1) is 28.1. The summed E-state index contributed by atoms with van der Waals surface area (Å²) >= 11 is 0. The van der Waals surface area contributed by atoms with Crippen LogP contribution < -0.4 is 4.74 Å². The van der Waals surface area contributed by atoms with Gasteiger partial charge in [-0.2, -0.15) is 0 Å². The second-order valence-electron chi connectivity index (χ2n) is 10.6. The third-order valence-corrected chi connectivity index (χ3v) is 8.18. The van der Waals surface area contributed by atoms with Crippen LogP contribution >= 0.6 is 0 Å². The van der Waals surface area contributed by atoms with Crippen molar-refractivity contribution in [1.29, 1.82) is 0 Å². The van der Waals surface area contributed by atoms with Crippen molar-refractivity contribution < 1.29 is 28.4 Å². The van der Waals surface area contributed by atoms with Crippen molar-refractivity contribution in [3.05, 3.63) is 66.4 Å². The summed E-state index contributed by atoms with van der Waals surface area (Å²) in [6, 6.07) is 17.1. The molecular weight excluding hydrogens is 494 g/mol. The highest BCUT2D eigenvalue weighted by atomic mass is 16.7. The summed E-state index contributed by atoms with van der Waals surface area (Å²) in [7, 11) is 3.38. The molecule has 0 amide bonds. The Morgan fingerprint density at radius 2 is 1.64 bits per heavy atom. The smallest absolute Gasteiger partial charge is 0.158 e. The predicted octanol–water partition coefficient (Wildman–Crippen LogP) is 5.43. The fourth-order valence-corrected chi connectivity index (χ4v) is 6.14. The molecule has 2 saturated heterocycles. The van der Waals surface area contributed by atoms with Gasteiger partial charge >= 0.3 is 0 Å². The van der Waals surface area contributed by atoms with Crippen LogP contribution in [0.5, 0.6) is 5.75 Å². The van der Waals surface area contributed by atoms with Gasteiger partial charge < -0.3 is 28.4 Å². The monoisotopic (exact) mass is 537 g/mol. The van der Waals surface area contributed by atoms with E-state index in [1.54, 1.807) is 20.5 Å². The van der Waals surface area contributed by atoms with Crippen molar-refractivity contribution in [3.63, 3.8) is 0 Å². The second-order valence-corrected chi connectivity index (χ2v) is 10.6. The van der Waals surface area contributed by atoms with Crippen LogP contribution in [0.4, 0.5) is 0 Å². The summed E-state index contributed by atoms with van der Waals surface area (Å²) in [5.74, 6) is 1.16. The highest BCUT2D eigenvalue weighted by Crippen LogP contribution is 2.39. The van der Waals surface area contributed by atoms with Gasteiger partial charge in [-0.05, 0) is 60.6 Å². The molecule has 2 aliphatic heterocycles.